The lowest BCUT2D eigenvalue weighted by molar-refractivity contribution is 0.155. The molecule has 0 bridgehead atoms. The molecule has 3 N–H and O–H groups in total. The van der Waals surface area contributed by atoms with Crippen LogP contribution in [-0.2, 0) is 0 Å². The zero-order chi connectivity index (χ0) is 12.0. The monoisotopic (exact) mass is 223 g/mol. The summed E-state index contributed by atoms with van der Waals surface area (Å²) >= 11 is 0. The van der Waals surface area contributed by atoms with E-state index in [9.17, 15) is 0 Å². The first-order valence-corrected chi connectivity index (χ1v) is 5.71. The molecule has 0 aromatic heterocycles. The third-order valence-corrected chi connectivity index (χ3v) is 2.68. The standard InChI is InChI=1S/C13H21NO2/c1-10(2)13(14-12(8-15)9-16)11-6-4-3-5-7-11/h3-7,10,12-16H,8-9H2,1-2H3. The molecule has 1 unspecified atom stereocenters. The average molecular weight is 223 g/mol. The number of aliphatic hydroxyl groups excluding tert-OH is 2. The van der Waals surface area contributed by atoms with E-state index in [1.165, 1.54) is 5.56 Å². The second kappa shape index (κ2) is 6.63. The van der Waals surface area contributed by atoms with Crippen molar-refractivity contribution >= 4 is 0 Å². The van der Waals surface area contributed by atoms with Crippen molar-refractivity contribution in [2.75, 3.05) is 13.2 Å². The third kappa shape index (κ3) is 3.59. The van der Waals surface area contributed by atoms with Crippen LogP contribution in [0.15, 0.2) is 30.3 Å². The van der Waals surface area contributed by atoms with Gasteiger partial charge in [0, 0.05) is 6.04 Å². The number of hydrogen-bond acceptors (Lipinski definition) is 3. The highest BCUT2D eigenvalue weighted by Crippen LogP contribution is 2.21. The molecule has 0 aliphatic heterocycles. The van der Waals surface area contributed by atoms with E-state index < -0.39 is 0 Å². The summed E-state index contributed by atoms with van der Waals surface area (Å²) in [5, 5.41) is 21.4. The van der Waals surface area contributed by atoms with Gasteiger partial charge in [-0.25, -0.2) is 0 Å². The summed E-state index contributed by atoms with van der Waals surface area (Å²) < 4.78 is 0. The lowest BCUT2D eigenvalue weighted by atomic mass is 9.95. The highest BCUT2D eigenvalue weighted by atomic mass is 16.3. The van der Waals surface area contributed by atoms with Gasteiger partial charge in [0.05, 0.1) is 19.3 Å². The Morgan fingerprint density at radius 2 is 1.62 bits per heavy atom. The molecule has 0 saturated carbocycles. The molecule has 16 heavy (non-hydrogen) atoms. The van der Waals surface area contributed by atoms with Gasteiger partial charge in [0.1, 0.15) is 0 Å². The van der Waals surface area contributed by atoms with E-state index in [0.717, 1.165) is 0 Å². The first kappa shape index (κ1) is 13.2. The average Bonchev–Trinajstić information content (AvgIpc) is 2.31. The van der Waals surface area contributed by atoms with Crippen molar-refractivity contribution in [2.45, 2.75) is 25.9 Å². The van der Waals surface area contributed by atoms with Crippen LogP contribution in [0.2, 0.25) is 0 Å². The lowest BCUT2D eigenvalue weighted by Gasteiger charge is -2.27. The molecule has 1 rings (SSSR count). The molecule has 1 aromatic carbocycles. The van der Waals surface area contributed by atoms with Crippen LogP contribution in [0.25, 0.3) is 0 Å². The molecule has 0 aliphatic rings. The molecule has 0 aliphatic carbocycles. The third-order valence-electron chi connectivity index (χ3n) is 2.68. The molecule has 3 nitrogen and oxygen atoms in total. The van der Waals surface area contributed by atoms with Crippen molar-refractivity contribution in [3.05, 3.63) is 35.9 Å². The predicted molar refractivity (Wildman–Crippen MR) is 65.1 cm³/mol. The van der Waals surface area contributed by atoms with Crippen molar-refractivity contribution in [2.24, 2.45) is 5.92 Å². The maximum atomic E-state index is 9.08. The molecule has 3 heteroatoms. The van der Waals surface area contributed by atoms with Gasteiger partial charge < -0.3 is 15.5 Å². The van der Waals surface area contributed by atoms with Crippen LogP contribution in [-0.4, -0.2) is 29.5 Å². The molecule has 0 spiro atoms. The predicted octanol–water partition coefficient (Wildman–Crippen LogP) is 1.33. The highest BCUT2D eigenvalue weighted by Gasteiger charge is 2.18. The molecule has 1 aromatic rings. The highest BCUT2D eigenvalue weighted by molar-refractivity contribution is 5.19. The van der Waals surface area contributed by atoms with Crippen LogP contribution in [0.3, 0.4) is 0 Å². The summed E-state index contributed by atoms with van der Waals surface area (Å²) in [6.45, 7) is 4.14. The summed E-state index contributed by atoms with van der Waals surface area (Å²) in [5.41, 5.74) is 1.18. The summed E-state index contributed by atoms with van der Waals surface area (Å²) in [5.74, 6) is 0.406. The number of rotatable bonds is 6. The minimum absolute atomic E-state index is 0.0491. The Morgan fingerprint density at radius 3 is 2.06 bits per heavy atom. The van der Waals surface area contributed by atoms with E-state index in [4.69, 9.17) is 10.2 Å². The van der Waals surface area contributed by atoms with Gasteiger partial charge in [0.25, 0.3) is 0 Å². The first-order chi connectivity index (χ1) is 7.69. The van der Waals surface area contributed by atoms with Crippen molar-refractivity contribution in [3.8, 4) is 0 Å². The Labute approximate surface area is 97.1 Å². The molecule has 0 saturated heterocycles. The Hall–Kier alpha value is -0.900. The van der Waals surface area contributed by atoms with E-state index in [0.29, 0.717) is 5.92 Å². The molecule has 0 heterocycles. The van der Waals surface area contributed by atoms with Crippen LogP contribution < -0.4 is 5.32 Å². The Bertz CT molecular complexity index is 283. The van der Waals surface area contributed by atoms with Gasteiger partial charge in [-0.05, 0) is 11.5 Å². The molecular weight excluding hydrogens is 202 g/mol. The summed E-state index contributed by atoms with van der Waals surface area (Å²) in [6, 6.07) is 10.0. The topological polar surface area (TPSA) is 52.5 Å². The summed E-state index contributed by atoms with van der Waals surface area (Å²) in [7, 11) is 0. The SMILES string of the molecule is CC(C)C(NC(CO)CO)c1ccccc1. The fraction of sp³-hybridized carbons (Fsp3) is 0.538. The minimum Gasteiger partial charge on any atom is -0.395 e. The fourth-order valence-electron chi connectivity index (χ4n) is 1.75. The zero-order valence-corrected chi connectivity index (χ0v) is 9.93. The van der Waals surface area contributed by atoms with Crippen LogP contribution in [0.1, 0.15) is 25.5 Å². The maximum Gasteiger partial charge on any atom is 0.0607 e. The lowest BCUT2D eigenvalue weighted by Crippen LogP contribution is -2.40. The smallest absolute Gasteiger partial charge is 0.0607 e. The number of hydrogen-bond donors (Lipinski definition) is 3. The maximum absolute atomic E-state index is 9.08. The van der Waals surface area contributed by atoms with E-state index in [-0.39, 0.29) is 25.3 Å². The van der Waals surface area contributed by atoms with Crippen LogP contribution >= 0.6 is 0 Å². The van der Waals surface area contributed by atoms with Gasteiger partial charge >= 0.3 is 0 Å². The molecule has 0 amide bonds. The minimum atomic E-state index is -0.257. The Morgan fingerprint density at radius 1 is 1.06 bits per heavy atom. The number of benzene rings is 1. The normalized spacial score (nSPS) is 13.4. The van der Waals surface area contributed by atoms with Gasteiger partial charge in [-0.15, -0.1) is 0 Å². The fourth-order valence-corrected chi connectivity index (χ4v) is 1.75. The zero-order valence-electron chi connectivity index (χ0n) is 9.93. The summed E-state index contributed by atoms with van der Waals surface area (Å²) in [6.07, 6.45) is 0. The van der Waals surface area contributed by atoms with Crippen molar-refractivity contribution in [3.63, 3.8) is 0 Å². The van der Waals surface area contributed by atoms with Gasteiger partial charge in [-0.1, -0.05) is 44.2 Å². The van der Waals surface area contributed by atoms with Crippen molar-refractivity contribution in [1.82, 2.24) is 5.32 Å². The van der Waals surface area contributed by atoms with Gasteiger partial charge in [-0.2, -0.15) is 0 Å². The van der Waals surface area contributed by atoms with Gasteiger partial charge in [0.15, 0.2) is 0 Å². The molecule has 90 valence electrons. The largest absolute Gasteiger partial charge is 0.395 e. The van der Waals surface area contributed by atoms with Crippen LogP contribution in [0, 0.1) is 5.92 Å². The quantitative estimate of drug-likeness (QED) is 0.682. The first-order valence-electron chi connectivity index (χ1n) is 5.71. The van der Waals surface area contributed by atoms with Gasteiger partial charge in [-0.3, -0.25) is 0 Å². The Balaban J connectivity index is 2.76. The second-order valence-corrected chi connectivity index (χ2v) is 4.36. The second-order valence-electron chi connectivity index (χ2n) is 4.36. The van der Waals surface area contributed by atoms with E-state index in [1.807, 2.05) is 18.2 Å². The molecule has 1 atom stereocenters. The molecular formula is C13H21NO2. The van der Waals surface area contributed by atoms with Crippen LogP contribution in [0.4, 0.5) is 0 Å². The van der Waals surface area contributed by atoms with Gasteiger partial charge in [0.2, 0.25) is 0 Å². The van der Waals surface area contributed by atoms with E-state index >= 15 is 0 Å². The van der Waals surface area contributed by atoms with Crippen molar-refractivity contribution in [1.29, 1.82) is 0 Å². The summed E-state index contributed by atoms with van der Waals surface area (Å²) in [4.78, 5) is 0. The number of nitrogens with one attached hydrogen (secondary N) is 1. The Kier molecular flexibility index (Phi) is 5.46. The number of aliphatic hydroxyl groups is 2. The van der Waals surface area contributed by atoms with E-state index in [2.05, 4.69) is 31.3 Å². The van der Waals surface area contributed by atoms with Crippen LogP contribution in [0.5, 0.6) is 0 Å². The molecule has 0 fully saturated rings. The molecule has 0 radical (unpaired) electrons. The van der Waals surface area contributed by atoms with E-state index in [1.54, 1.807) is 0 Å². The van der Waals surface area contributed by atoms with Crippen molar-refractivity contribution < 1.29 is 10.2 Å².